The molecule has 0 atom stereocenters. The van der Waals surface area contributed by atoms with E-state index >= 15 is 0 Å². The fourth-order valence-corrected chi connectivity index (χ4v) is 2.53. The van der Waals surface area contributed by atoms with E-state index in [-0.39, 0.29) is 12.5 Å². The van der Waals surface area contributed by atoms with E-state index < -0.39 is 11.7 Å². The summed E-state index contributed by atoms with van der Waals surface area (Å²) in [4.78, 5) is 11.8. The van der Waals surface area contributed by atoms with Crippen molar-refractivity contribution >= 4 is 24.0 Å². The van der Waals surface area contributed by atoms with Gasteiger partial charge in [-0.15, -0.1) is 0 Å². The minimum absolute atomic E-state index is 0.145. The number of anilines is 1. The number of benzene rings is 2. The molecule has 0 heterocycles. The van der Waals surface area contributed by atoms with Crippen LogP contribution in [-0.2, 0) is 11.2 Å². The number of halogens is 1. The van der Waals surface area contributed by atoms with Crippen molar-refractivity contribution in [1.29, 1.82) is 0 Å². The van der Waals surface area contributed by atoms with Crippen molar-refractivity contribution in [2.45, 2.75) is 46.4 Å². The third-order valence-corrected chi connectivity index (χ3v) is 3.85. The first kappa shape index (κ1) is 20.8. The quantitative estimate of drug-likeness (QED) is 0.745. The van der Waals surface area contributed by atoms with Crippen molar-refractivity contribution < 1.29 is 18.7 Å². The van der Waals surface area contributed by atoms with Gasteiger partial charge in [0.25, 0.3) is 0 Å². The smallest absolute Gasteiger partial charge is 0.412 e. The molecule has 0 aliphatic heterocycles. The van der Waals surface area contributed by atoms with Gasteiger partial charge in [-0.2, -0.15) is 0 Å². The van der Waals surface area contributed by atoms with E-state index in [0.717, 1.165) is 5.56 Å². The molecule has 6 heteroatoms. The Morgan fingerprint density at radius 2 is 1.78 bits per heavy atom. The van der Waals surface area contributed by atoms with Gasteiger partial charge in [0.15, 0.2) is 6.71 Å². The highest BCUT2D eigenvalue weighted by atomic mass is 19.1. The molecule has 0 aliphatic carbocycles. The van der Waals surface area contributed by atoms with Gasteiger partial charge in [0.2, 0.25) is 0 Å². The molecule has 0 aliphatic rings. The fourth-order valence-electron chi connectivity index (χ4n) is 2.53. The molecule has 0 unspecified atom stereocenters. The molecular formula is C21H27BFNO3. The molecule has 2 aromatic rings. The third-order valence-electron chi connectivity index (χ3n) is 3.85. The Balaban J connectivity index is 1.83. The highest BCUT2D eigenvalue weighted by Crippen LogP contribution is 2.15. The Bertz CT molecular complexity index is 770. The maximum Gasteiger partial charge on any atom is 0.412 e. The monoisotopic (exact) mass is 371 g/mol. The van der Waals surface area contributed by atoms with Crippen LogP contribution in [0.1, 0.15) is 26.3 Å². The predicted octanol–water partition coefficient (Wildman–Crippen LogP) is 4.76. The lowest BCUT2D eigenvalue weighted by Crippen LogP contribution is -2.27. The first-order chi connectivity index (χ1) is 12.6. The SMILES string of the molecule is CB(C)c1ccc(OCCc2ccc(NC(=O)OC(C)(C)C)cc2)cc1F. The summed E-state index contributed by atoms with van der Waals surface area (Å²) in [6, 6.07) is 12.5. The highest BCUT2D eigenvalue weighted by Gasteiger charge is 2.16. The van der Waals surface area contributed by atoms with E-state index in [9.17, 15) is 9.18 Å². The van der Waals surface area contributed by atoms with Gasteiger partial charge >= 0.3 is 6.09 Å². The Morgan fingerprint density at radius 1 is 1.11 bits per heavy atom. The van der Waals surface area contributed by atoms with Crippen molar-refractivity contribution in [3.63, 3.8) is 0 Å². The van der Waals surface area contributed by atoms with Gasteiger partial charge in [0, 0.05) is 18.2 Å². The Morgan fingerprint density at radius 3 is 2.33 bits per heavy atom. The van der Waals surface area contributed by atoms with E-state index in [2.05, 4.69) is 5.32 Å². The molecule has 0 saturated heterocycles. The third kappa shape index (κ3) is 6.97. The molecule has 0 saturated carbocycles. The predicted molar refractivity (Wildman–Crippen MR) is 109 cm³/mol. The van der Waals surface area contributed by atoms with Crippen LogP contribution in [0.4, 0.5) is 14.9 Å². The van der Waals surface area contributed by atoms with Gasteiger partial charge in [-0.3, -0.25) is 5.32 Å². The van der Waals surface area contributed by atoms with Crippen LogP contribution in [0.3, 0.4) is 0 Å². The number of carbonyl (C=O) groups is 1. The van der Waals surface area contributed by atoms with Crippen molar-refractivity contribution in [2.24, 2.45) is 0 Å². The molecule has 4 nitrogen and oxygen atoms in total. The number of nitrogens with one attached hydrogen (secondary N) is 1. The molecule has 2 rings (SSSR count). The maximum atomic E-state index is 14.0. The van der Waals surface area contributed by atoms with Crippen LogP contribution in [0.2, 0.25) is 13.6 Å². The number of carbonyl (C=O) groups excluding carboxylic acids is 1. The maximum absolute atomic E-state index is 14.0. The molecule has 0 bridgehead atoms. The summed E-state index contributed by atoms with van der Waals surface area (Å²) >= 11 is 0. The molecule has 0 aromatic heterocycles. The van der Waals surface area contributed by atoms with Gasteiger partial charge < -0.3 is 9.47 Å². The summed E-state index contributed by atoms with van der Waals surface area (Å²) in [7, 11) is 0. The molecular weight excluding hydrogens is 344 g/mol. The van der Waals surface area contributed by atoms with Crippen LogP contribution in [0, 0.1) is 5.82 Å². The van der Waals surface area contributed by atoms with Crippen LogP contribution in [0.15, 0.2) is 42.5 Å². The van der Waals surface area contributed by atoms with Crippen molar-refractivity contribution in [2.75, 3.05) is 11.9 Å². The second-order valence-corrected chi connectivity index (χ2v) is 7.76. The topological polar surface area (TPSA) is 47.6 Å². The van der Waals surface area contributed by atoms with E-state index in [1.54, 1.807) is 12.1 Å². The number of hydrogen-bond donors (Lipinski definition) is 1. The van der Waals surface area contributed by atoms with Gasteiger partial charge in [0.1, 0.15) is 17.2 Å². The lowest BCUT2D eigenvalue weighted by molar-refractivity contribution is 0.0636. The van der Waals surface area contributed by atoms with Crippen LogP contribution in [-0.4, -0.2) is 25.0 Å². The lowest BCUT2D eigenvalue weighted by atomic mass is 9.49. The fraction of sp³-hybridized carbons (Fsp3) is 0.381. The Hall–Kier alpha value is -2.50. The minimum atomic E-state index is -0.534. The number of ether oxygens (including phenoxy) is 2. The van der Waals surface area contributed by atoms with Gasteiger partial charge in [-0.25, -0.2) is 9.18 Å². The second kappa shape index (κ2) is 8.93. The molecule has 1 amide bonds. The van der Waals surface area contributed by atoms with Crippen LogP contribution in [0.5, 0.6) is 5.75 Å². The second-order valence-electron chi connectivity index (χ2n) is 7.76. The number of hydrogen-bond acceptors (Lipinski definition) is 3. The molecule has 0 fully saturated rings. The minimum Gasteiger partial charge on any atom is -0.493 e. The van der Waals surface area contributed by atoms with Crippen LogP contribution in [0.25, 0.3) is 0 Å². The molecule has 0 spiro atoms. The first-order valence-electron chi connectivity index (χ1n) is 9.15. The van der Waals surface area contributed by atoms with Gasteiger partial charge in [0.05, 0.1) is 6.61 Å². The Labute approximate surface area is 161 Å². The van der Waals surface area contributed by atoms with Gasteiger partial charge in [-0.1, -0.05) is 31.8 Å². The molecule has 0 radical (unpaired) electrons. The summed E-state index contributed by atoms with van der Waals surface area (Å²) in [6.45, 7) is 9.96. The first-order valence-corrected chi connectivity index (χ1v) is 9.15. The van der Waals surface area contributed by atoms with Gasteiger partial charge in [-0.05, 0) is 50.0 Å². The molecule has 27 heavy (non-hydrogen) atoms. The van der Waals surface area contributed by atoms with E-state index in [1.165, 1.54) is 6.07 Å². The van der Waals surface area contributed by atoms with Crippen LogP contribution >= 0.6 is 0 Å². The van der Waals surface area contributed by atoms with Crippen LogP contribution < -0.4 is 15.5 Å². The normalized spacial score (nSPS) is 11.0. The van der Waals surface area contributed by atoms with E-state index in [1.807, 2.05) is 58.7 Å². The van der Waals surface area contributed by atoms with E-state index in [4.69, 9.17) is 9.47 Å². The summed E-state index contributed by atoms with van der Waals surface area (Å²) in [6.07, 6.45) is 0.200. The summed E-state index contributed by atoms with van der Waals surface area (Å²) in [5.74, 6) is 0.292. The van der Waals surface area contributed by atoms with E-state index in [0.29, 0.717) is 29.9 Å². The zero-order valence-electron chi connectivity index (χ0n) is 16.6. The largest absolute Gasteiger partial charge is 0.493 e. The van der Waals surface area contributed by atoms with Crippen molar-refractivity contribution in [3.05, 3.63) is 53.8 Å². The summed E-state index contributed by atoms with van der Waals surface area (Å²) in [5, 5.41) is 2.69. The summed E-state index contributed by atoms with van der Waals surface area (Å²) in [5.41, 5.74) is 1.88. The average molecular weight is 371 g/mol. The number of rotatable bonds is 6. The highest BCUT2D eigenvalue weighted by molar-refractivity contribution is 6.70. The summed E-state index contributed by atoms with van der Waals surface area (Å²) < 4.78 is 24.8. The molecule has 144 valence electrons. The Kier molecular flexibility index (Phi) is 6.89. The van der Waals surface area contributed by atoms with Crippen molar-refractivity contribution in [3.8, 4) is 5.75 Å². The zero-order valence-corrected chi connectivity index (χ0v) is 16.6. The molecule has 2 aromatic carbocycles. The zero-order chi connectivity index (χ0) is 20.0. The average Bonchev–Trinajstić information content (AvgIpc) is 2.54. The molecule has 1 N–H and O–H groups in total. The standard InChI is InChI=1S/C21H27BFNO3/c1-21(2,3)27-20(25)24-16-8-6-15(7-9-16)12-13-26-17-10-11-18(22(4)5)19(23)14-17/h6-11,14H,12-13H2,1-5H3,(H,24,25). The van der Waals surface area contributed by atoms with Crippen molar-refractivity contribution in [1.82, 2.24) is 0 Å². The lowest BCUT2D eigenvalue weighted by Gasteiger charge is -2.19. The number of amides is 1.